The highest BCUT2D eigenvalue weighted by molar-refractivity contribution is 7.99. The second-order valence-electron chi connectivity index (χ2n) is 5.79. The highest BCUT2D eigenvalue weighted by Crippen LogP contribution is 2.30. The van der Waals surface area contributed by atoms with Crippen LogP contribution in [0.3, 0.4) is 0 Å². The summed E-state index contributed by atoms with van der Waals surface area (Å²) in [5, 5.41) is 12.0. The van der Waals surface area contributed by atoms with E-state index in [1.165, 1.54) is 6.07 Å². The van der Waals surface area contributed by atoms with Gasteiger partial charge in [0.1, 0.15) is 5.54 Å². The zero-order valence-corrected chi connectivity index (χ0v) is 13.4. The molecular weight excluding hydrogens is 325 g/mol. The summed E-state index contributed by atoms with van der Waals surface area (Å²) < 4.78 is 38.1. The summed E-state index contributed by atoms with van der Waals surface area (Å²) in [6.07, 6.45) is -3.60. The van der Waals surface area contributed by atoms with E-state index in [0.29, 0.717) is 17.7 Å². The molecule has 0 aliphatic carbocycles. The highest BCUT2D eigenvalue weighted by Gasteiger charge is 2.37. The van der Waals surface area contributed by atoms with E-state index in [0.717, 1.165) is 17.9 Å². The van der Waals surface area contributed by atoms with Crippen LogP contribution in [0.1, 0.15) is 24.5 Å². The monoisotopic (exact) mass is 342 g/mol. The van der Waals surface area contributed by atoms with Gasteiger partial charge in [0.05, 0.1) is 11.6 Å². The second kappa shape index (κ2) is 6.83. The molecule has 1 N–H and O–H groups in total. The lowest BCUT2D eigenvalue weighted by Crippen LogP contribution is -2.49. The summed E-state index contributed by atoms with van der Waals surface area (Å²) in [7, 11) is 0. The van der Waals surface area contributed by atoms with Gasteiger partial charge in [-0.3, -0.25) is 4.79 Å². The maximum absolute atomic E-state index is 12.7. The minimum absolute atomic E-state index is 0.199. The molecule has 0 radical (unpaired) electrons. The van der Waals surface area contributed by atoms with Crippen LogP contribution in [0.25, 0.3) is 0 Å². The van der Waals surface area contributed by atoms with Crippen LogP contribution in [0.15, 0.2) is 24.3 Å². The minimum atomic E-state index is -4.40. The molecule has 2 rings (SSSR count). The van der Waals surface area contributed by atoms with E-state index in [1.807, 2.05) is 0 Å². The van der Waals surface area contributed by atoms with Crippen LogP contribution in [0.4, 0.5) is 13.2 Å². The van der Waals surface area contributed by atoms with Gasteiger partial charge in [-0.2, -0.15) is 30.2 Å². The van der Waals surface area contributed by atoms with Crippen LogP contribution in [-0.2, 0) is 17.4 Å². The number of nitrogens with one attached hydrogen (secondary N) is 1. The summed E-state index contributed by atoms with van der Waals surface area (Å²) in [6, 6.07) is 7.14. The third kappa shape index (κ3) is 4.41. The molecule has 23 heavy (non-hydrogen) atoms. The molecule has 0 unspecified atom stereocenters. The average molecular weight is 342 g/mol. The van der Waals surface area contributed by atoms with Gasteiger partial charge in [0.25, 0.3) is 0 Å². The first-order valence-corrected chi connectivity index (χ1v) is 8.38. The Morgan fingerprint density at radius 2 is 2.26 bits per heavy atom. The molecule has 2 atom stereocenters. The fraction of sp³-hybridized carbons (Fsp3) is 0.500. The van der Waals surface area contributed by atoms with Gasteiger partial charge in [-0.25, -0.2) is 0 Å². The molecule has 0 saturated carbocycles. The Morgan fingerprint density at radius 1 is 1.52 bits per heavy atom. The van der Waals surface area contributed by atoms with Crippen molar-refractivity contribution < 1.29 is 18.0 Å². The van der Waals surface area contributed by atoms with E-state index in [9.17, 15) is 23.2 Å². The van der Waals surface area contributed by atoms with Crippen molar-refractivity contribution in [2.45, 2.75) is 31.5 Å². The molecule has 3 nitrogen and oxygen atoms in total. The van der Waals surface area contributed by atoms with E-state index in [4.69, 9.17) is 0 Å². The molecule has 1 aromatic rings. The first-order valence-electron chi connectivity index (χ1n) is 7.23. The quantitative estimate of drug-likeness (QED) is 0.912. The number of nitriles is 1. The first kappa shape index (κ1) is 17.7. The Kier molecular flexibility index (Phi) is 5.25. The number of alkyl halides is 3. The Hall–Kier alpha value is -1.68. The van der Waals surface area contributed by atoms with Crippen LogP contribution >= 0.6 is 11.8 Å². The molecule has 0 bridgehead atoms. The number of nitrogens with zero attached hydrogens (tertiary/aromatic N) is 1. The van der Waals surface area contributed by atoms with Crippen molar-refractivity contribution in [1.82, 2.24) is 5.32 Å². The third-order valence-electron chi connectivity index (χ3n) is 3.84. The summed E-state index contributed by atoms with van der Waals surface area (Å²) in [5.41, 5.74) is -1.11. The molecule has 1 amide bonds. The molecular formula is C16H17F3N2OS. The molecule has 124 valence electrons. The number of amides is 1. The summed E-state index contributed by atoms with van der Waals surface area (Å²) in [5.74, 6) is 0.558. The maximum atomic E-state index is 12.7. The molecule has 1 heterocycles. The lowest BCUT2D eigenvalue weighted by atomic mass is 9.95. The molecule has 0 spiro atoms. The van der Waals surface area contributed by atoms with E-state index in [2.05, 4.69) is 11.4 Å². The van der Waals surface area contributed by atoms with Crippen molar-refractivity contribution in [3.8, 4) is 6.07 Å². The Bertz CT molecular complexity index is 618. The molecule has 1 fully saturated rings. The highest BCUT2D eigenvalue weighted by atomic mass is 32.2. The first-order chi connectivity index (χ1) is 10.8. The normalized spacial score (nSPS) is 22.4. The molecule has 7 heteroatoms. The summed E-state index contributed by atoms with van der Waals surface area (Å²) >= 11 is 1.61. The topological polar surface area (TPSA) is 52.9 Å². The van der Waals surface area contributed by atoms with Crippen molar-refractivity contribution in [1.29, 1.82) is 5.26 Å². The number of hydrogen-bond acceptors (Lipinski definition) is 3. The van der Waals surface area contributed by atoms with E-state index >= 15 is 0 Å². The van der Waals surface area contributed by atoms with Crippen LogP contribution in [0, 0.1) is 17.2 Å². The number of halogens is 3. The Balaban J connectivity index is 2.03. The van der Waals surface area contributed by atoms with E-state index in [1.54, 1.807) is 24.8 Å². The van der Waals surface area contributed by atoms with Crippen LogP contribution in [0.5, 0.6) is 0 Å². The Morgan fingerprint density at radius 3 is 2.83 bits per heavy atom. The number of hydrogen-bond donors (Lipinski definition) is 1. The molecule has 1 aromatic carbocycles. The fourth-order valence-electron chi connectivity index (χ4n) is 2.46. The number of rotatable bonds is 4. The number of carbonyl (C=O) groups is 1. The van der Waals surface area contributed by atoms with Gasteiger partial charge in [-0.1, -0.05) is 25.1 Å². The second-order valence-corrected chi connectivity index (χ2v) is 6.89. The lowest BCUT2D eigenvalue weighted by Gasteiger charge is -2.23. The predicted octanol–water partition coefficient (Wildman–Crippen LogP) is 3.40. The minimum Gasteiger partial charge on any atom is -0.337 e. The van der Waals surface area contributed by atoms with Gasteiger partial charge in [0.2, 0.25) is 5.91 Å². The summed E-state index contributed by atoms with van der Waals surface area (Å²) in [6.45, 7) is 1.66. The van der Waals surface area contributed by atoms with Gasteiger partial charge < -0.3 is 5.32 Å². The van der Waals surface area contributed by atoms with Crippen molar-refractivity contribution in [2.24, 2.45) is 5.92 Å². The van der Waals surface area contributed by atoms with E-state index in [-0.39, 0.29) is 12.3 Å². The Labute approximate surface area is 137 Å². The van der Waals surface area contributed by atoms with Crippen LogP contribution in [0.2, 0.25) is 0 Å². The van der Waals surface area contributed by atoms with Gasteiger partial charge in [-0.05, 0) is 30.2 Å². The predicted molar refractivity (Wildman–Crippen MR) is 82.7 cm³/mol. The molecule has 1 aliphatic heterocycles. The lowest BCUT2D eigenvalue weighted by molar-refractivity contribution is -0.137. The third-order valence-corrected chi connectivity index (χ3v) is 5.03. The van der Waals surface area contributed by atoms with Crippen molar-refractivity contribution >= 4 is 17.7 Å². The van der Waals surface area contributed by atoms with Gasteiger partial charge in [0, 0.05) is 11.7 Å². The molecule has 1 aliphatic rings. The number of carbonyl (C=O) groups excluding carboxylic acids is 1. The SMILES string of the molecule is C[C@@H](Cc1cccc(C(F)(F)F)c1)C(=O)N[C@@]1(C#N)CCSC1. The summed E-state index contributed by atoms with van der Waals surface area (Å²) in [4.78, 5) is 12.3. The van der Waals surface area contributed by atoms with Gasteiger partial charge in [-0.15, -0.1) is 0 Å². The van der Waals surface area contributed by atoms with Gasteiger partial charge in [0.15, 0.2) is 0 Å². The average Bonchev–Trinajstić information content (AvgIpc) is 2.95. The van der Waals surface area contributed by atoms with Crippen molar-refractivity contribution in [3.05, 3.63) is 35.4 Å². The zero-order valence-electron chi connectivity index (χ0n) is 12.6. The van der Waals surface area contributed by atoms with Gasteiger partial charge >= 0.3 is 6.18 Å². The van der Waals surface area contributed by atoms with Crippen LogP contribution < -0.4 is 5.32 Å². The molecule has 0 aromatic heterocycles. The van der Waals surface area contributed by atoms with Crippen molar-refractivity contribution in [3.63, 3.8) is 0 Å². The van der Waals surface area contributed by atoms with Crippen LogP contribution in [-0.4, -0.2) is 23.0 Å². The largest absolute Gasteiger partial charge is 0.416 e. The molecule has 1 saturated heterocycles. The number of benzene rings is 1. The standard InChI is InChI=1S/C16H17F3N2OS/c1-11(14(22)21-15(9-20)5-6-23-10-15)7-12-3-2-4-13(8-12)16(17,18)19/h2-4,8,11H,5-7,10H2,1H3,(H,21,22)/t11-,15+/m0/s1. The zero-order chi connectivity index (χ0) is 17.1. The van der Waals surface area contributed by atoms with E-state index < -0.39 is 23.2 Å². The van der Waals surface area contributed by atoms with Crippen molar-refractivity contribution in [2.75, 3.05) is 11.5 Å². The number of thioether (sulfide) groups is 1. The maximum Gasteiger partial charge on any atom is 0.416 e. The smallest absolute Gasteiger partial charge is 0.337 e. The fourth-order valence-corrected chi connectivity index (χ4v) is 3.73.